The van der Waals surface area contributed by atoms with Crippen molar-refractivity contribution in [3.8, 4) is 22.3 Å². The summed E-state index contributed by atoms with van der Waals surface area (Å²) in [6.07, 6.45) is 7.38. The number of hydrogen-bond donors (Lipinski definition) is 0. The van der Waals surface area contributed by atoms with E-state index in [1.165, 1.54) is 61.7 Å². The Morgan fingerprint density at radius 1 is 0.575 bits per heavy atom. The van der Waals surface area contributed by atoms with Crippen LogP contribution in [0.3, 0.4) is 0 Å². The Hall–Kier alpha value is -3.42. The normalized spacial score (nSPS) is 14.4. The first-order valence-electron chi connectivity index (χ1n) is 15.1. The quantitative estimate of drug-likeness (QED) is 0.205. The fourth-order valence-corrected chi connectivity index (χ4v) is 10.1. The number of fused-ring (bicyclic) bond motifs is 2. The molecular formula is C39H42Si. The van der Waals surface area contributed by atoms with Crippen LogP contribution in [-0.4, -0.2) is 8.07 Å². The molecule has 1 heteroatoms. The fraction of sp³-hybridized carbons (Fsp3) is 0.282. The second-order valence-corrected chi connectivity index (χ2v) is 17.3. The van der Waals surface area contributed by atoms with Gasteiger partial charge in [-0.15, -0.1) is 0 Å². The van der Waals surface area contributed by atoms with Gasteiger partial charge in [-0.05, 0) is 80.3 Å². The minimum Gasteiger partial charge on any atom is -0.0712 e. The van der Waals surface area contributed by atoms with E-state index in [0.29, 0.717) is 11.8 Å². The lowest BCUT2D eigenvalue weighted by atomic mass is 9.94. The lowest BCUT2D eigenvalue weighted by Crippen LogP contribution is -2.35. The Bertz CT molecular complexity index is 1490. The van der Waals surface area contributed by atoms with E-state index in [2.05, 4.69) is 138 Å². The zero-order chi connectivity index (χ0) is 28.0. The summed E-state index contributed by atoms with van der Waals surface area (Å²) >= 11 is 0. The van der Waals surface area contributed by atoms with Gasteiger partial charge in [0.1, 0.15) is 8.07 Å². The molecule has 2 aliphatic carbocycles. The maximum absolute atomic E-state index is 2.62. The number of rotatable bonds is 7. The van der Waals surface area contributed by atoms with Crippen LogP contribution in [0, 0.1) is 0 Å². The van der Waals surface area contributed by atoms with E-state index < -0.39 is 8.07 Å². The van der Waals surface area contributed by atoms with E-state index in [4.69, 9.17) is 0 Å². The lowest BCUT2D eigenvalue weighted by Gasteiger charge is -2.30. The third-order valence-electron chi connectivity index (χ3n) is 9.69. The molecule has 0 atom stereocenters. The van der Waals surface area contributed by atoms with Crippen molar-refractivity contribution in [3.63, 3.8) is 0 Å². The van der Waals surface area contributed by atoms with E-state index in [1.54, 1.807) is 10.4 Å². The van der Waals surface area contributed by atoms with Gasteiger partial charge >= 0.3 is 0 Å². The van der Waals surface area contributed by atoms with E-state index in [-0.39, 0.29) is 0 Å². The van der Waals surface area contributed by atoms with Crippen LogP contribution in [0.2, 0.25) is 12.6 Å². The van der Waals surface area contributed by atoms with Crippen molar-refractivity contribution >= 4 is 20.2 Å². The highest BCUT2D eigenvalue weighted by Gasteiger charge is 2.38. The van der Waals surface area contributed by atoms with E-state index >= 15 is 0 Å². The summed E-state index contributed by atoms with van der Waals surface area (Å²) in [5.41, 5.74) is 14.1. The van der Waals surface area contributed by atoms with Crippen molar-refractivity contribution in [1.82, 2.24) is 0 Å². The van der Waals surface area contributed by atoms with Crippen molar-refractivity contribution in [2.75, 3.05) is 0 Å². The van der Waals surface area contributed by atoms with Crippen molar-refractivity contribution in [2.45, 2.75) is 71.9 Å². The molecule has 0 heterocycles. The molecule has 0 spiro atoms. The second kappa shape index (κ2) is 10.5. The van der Waals surface area contributed by atoms with Crippen molar-refractivity contribution in [1.29, 1.82) is 0 Å². The third kappa shape index (κ3) is 4.65. The average molecular weight is 539 g/mol. The minimum atomic E-state index is -1.83. The van der Waals surface area contributed by atoms with Gasteiger partial charge < -0.3 is 0 Å². The minimum absolute atomic E-state index is 0.557. The summed E-state index contributed by atoms with van der Waals surface area (Å²) in [4.78, 5) is 0. The highest BCUT2D eigenvalue weighted by atomic mass is 28.3. The maximum atomic E-state index is 2.62. The predicted molar refractivity (Wildman–Crippen MR) is 177 cm³/mol. The van der Waals surface area contributed by atoms with Gasteiger partial charge in [-0.2, -0.15) is 0 Å². The van der Waals surface area contributed by atoms with Crippen LogP contribution < -0.4 is 0 Å². The Kier molecular flexibility index (Phi) is 7.05. The molecule has 6 rings (SSSR count). The van der Waals surface area contributed by atoms with Crippen molar-refractivity contribution < 1.29 is 0 Å². The Morgan fingerprint density at radius 2 is 0.975 bits per heavy atom. The zero-order valence-corrected chi connectivity index (χ0v) is 26.0. The summed E-state index contributed by atoms with van der Waals surface area (Å²) in [6.45, 7) is 14.1. The smallest absolute Gasteiger partial charge is 0.0712 e. The lowest BCUT2D eigenvalue weighted by molar-refractivity contribution is 0.867. The van der Waals surface area contributed by atoms with Gasteiger partial charge in [0.15, 0.2) is 0 Å². The molecule has 0 bridgehead atoms. The molecule has 0 N–H and O–H groups in total. The van der Waals surface area contributed by atoms with Crippen LogP contribution in [-0.2, 0) is 12.8 Å². The van der Waals surface area contributed by atoms with E-state index in [9.17, 15) is 0 Å². The number of benzene rings is 4. The zero-order valence-electron chi connectivity index (χ0n) is 25.0. The molecule has 0 amide bonds. The molecule has 2 aliphatic rings. The SMILES string of the molecule is CC[Si](C)(C1=Cc2c(cccc2-c2ccc(C(C)C)cc2)C1)C1=Cc2c(cccc2-c2ccc(C(C)C)cc2)C1. The van der Waals surface area contributed by atoms with Gasteiger partial charge in [-0.25, -0.2) is 0 Å². The highest BCUT2D eigenvalue weighted by molar-refractivity contribution is 6.93. The second-order valence-electron chi connectivity index (χ2n) is 12.7. The molecule has 0 radical (unpaired) electrons. The molecule has 202 valence electrons. The van der Waals surface area contributed by atoms with Gasteiger partial charge in [0.2, 0.25) is 0 Å². The average Bonchev–Trinajstić information content (AvgIpc) is 3.62. The molecule has 0 nitrogen and oxygen atoms in total. The van der Waals surface area contributed by atoms with Crippen LogP contribution in [0.5, 0.6) is 0 Å². The first-order chi connectivity index (χ1) is 19.3. The molecule has 0 aliphatic heterocycles. The molecule has 0 aromatic heterocycles. The summed E-state index contributed by atoms with van der Waals surface area (Å²) in [7, 11) is -1.83. The first-order valence-corrected chi connectivity index (χ1v) is 17.9. The molecule has 0 fully saturated rings. The first kappa shape index (κ1) is 26.8. The van der Waals surface area contributed by atoms with E-state index in [1.807, 2.05) is 0 Å². The molecular weight excluding hydrogens is 497 g/mol. The van der Waals surface area contributed by atoms with Crippen LogP contribution in [0.15, 0.2) is 95.3 Å². The summed E-state index contributed by atoms with van der Waals surface area (Å²) < 4.78 is 0. The van der Waals surface area contributed by atoms with Gasteiger partial charge in [0.25, 0.3) is 0 Å². The van der Waals surface area contributed by atoms with Crippen LogP contribution in [0.25, 0.3) is 34.4 Å². The predicted octanol–water partition coefficient (Wildman–Crippen LogP) is 11.0. The Labute approximate surface area is 242 Å². The van der Waals surface area contributed by atoms with Crippen molar-refractivity contribution in [2.24, 2.45) is 0 Å². The molecule has 40 heavy (non-hydrogen) atoms. The van der Waals surface area contributed by atoms with E-state index in [0.717, 1.165) is 12.8 Å². The van der Waals surface area contributed by atoms with Crippen LogP contribution in [0.1, 0.15) is 79.8 Å². The standard InChI is InChI=1S/C39H42Si/c1-7-40(6,34-22-32-10-8-12-36(38(32)24-34)30-18-14-28(15-19-30)26(2)3)35-23-33-11-9-13-37(39(33)25-35)31-20-16-29(17-21-31)27(4)5/h8-21,24-27H,7,22-23H2,1-6H3. The Balaban J connectivity index is 1.35. The highest BCUT2D eigenvalue weighted by Crippen LogP contribution is 2.45. The molecule has 4 aromatic rings. The van der Waals surface area contributed by atoms with Gasteiger partial charge in [-0.3, -0.25) is 0 Å². The molecule has 0 saturated carbocycles. The van der Waals surface area contributed by atoms with Crippen LogP contribution in [0.4, 0.5) is 0 Å². The largest absolute Gasteiger partial charge is 0.106 e. The monoisotopic (exact) mass is 538 g/mol. The van der Waals surface area contributed by atoms with Gasteiger partial charge in [-0.1, -0.05) is 155 Å². The fourth-order valence-electron chi connectivity index (χ4n) is 6.70. The topological polar surface area (TPSA) is 0 Å². The Morgan fingerprint density at radius 3 is 1.32 bits per heavy atom. The van der Waals surface area contributed by atoms with Gasteiger partial charge in [0, 0.05) is 0 Å². The van der Waals surface area contributed by atoms with Crippen molar-refractivity contribution in [3.05, 3.63) is 129 Å². The third-order valence-corrected chi connectivity index (χ3v) is 14.6. The van der Waals surface area contributed by atoms with Gasteiger partial charge in [0.05, 0.1) is 0 Å². The summed E-state index contributed by atoms with van der Waals surface area (Å²) in [6, 6.07) is 33.6. The summed E-state index contributed by atoms with van der Waals surface area (Å²) in [5.74, 6) is 1.11. The molecule has 0 unspecified atom stereocenters. The molecule has 4 aromatic carbocycles. The number of allylic oxidation sites excluding steroid dienone is 2. The number of hydrogen-bond acceptors (Lipinski definition) is 0. The molecule has 0 saturated heterocycles. The maximum Gasteiger partial charge on any atom is 0.106 e. The van der Waals surface area contributed by atoms with Crippen LogP contribution >= 0.6 is 0 Å². The summed E-state index contributed by atoms with van der Waals surface area (Å²) in [5, 5.41) is 3.39.